The molecule has 122 valence electrons. The molecule has 0 saturated heterocycles. The van der Waals surface area contributed by atoms with Crippen LogP contribution in [0.1, 0.15) is 66.2 Å². The van der Waals surface area contributed by atoms with E-state index in [4.69, 9.17) is 10.9 Å². The highest BCUT2D eigenvalue weighted by atomic mass is 16.4. The number of hydrogen-bond acceptors (Lipinski definition) is 3. The van der Waals surface area contributed by atoms with Crippen molar-refractivity contribution in [3.05, 3.63) is 0 Å². The van der Waals surface area contributed by atoms with E-state index in [1.807, 2.05) is 13.8 Å². The first-order chi connectivity index (χ1) is 9.92. The van der Waals surface area contributed by atoms with Gasteiger partial charge in [0.05, 0.1) is 0 Å². The van der Waals surface area contributed by atoms with Crippen LogP contribution in [0.4, 0.5) is 0 Å². The Morgan fingerprint density at radius 3 is 2.24 bits per heavy atom. The van der Waals surface area contributed by atoms with Gasteiger partial charge in [0.25, 0.3) is 0 Å². The van der Waals surface area contributed by atoms with Crippen LogP contribution in [0.15, 0.2) is 5.16 Å². The molecule has 0 radical (unpaired) electrons. The summed E-state index contributed by atoms with van der Waals surface area (Å²) in [6.45, 7) is 8.45. The van der Waals surface area contributed by atoms with Gasteiger partial charge in [-0.3, -0.25) is 4.79 Å². The number of nitrogens with zero attached hydrogens (tertiary/aromatic N) is 1. The van der Waals surface area contributed by atoms with E-state index < -0.39 is 5.41 Å². The minimum atomic E-state index is -0.871. The monoisotopic (exact) mass is 297 g/mol. The summed E-state index contributed by atoms with van der Waals surface area (Å²) in [5.74, 6) is 1.07. The summed E-state index contributed by atoms with van der Waals surface area (Å²) >= 11 is 0. The fourth-order valence-corrected chi connectivity index (χ4v) is 3.55. The van der Waals surface area contributed by atoms with Crippen LogP contribution in [-0.2, 0) is 4.79 Å². The van der Waals surface area contributed by atoms with E-state index in [0.717, 1.165) is 25.7 Å². The molecule has 3 unspecified atom stereocenters. The van der Waals surface area contributed by atoms with Crippen molar-refractivity contribution in [2.24, 2.45) is 28.1 Å². The molecule has 1 saturated carbocycles. The predicted octanol–water partition coefficient (Wildman–Crippen LogP) is 2.87. The third kappa shape index (κ3) is 3.69. The third-order valence-electron chi connectivity index (χ3n) is 5.17. The Labute approximate surface area is 128 Å². The second-order valence-corrected chi connectivity index (χ2v) is 6.56. The van der Waals surface area contributed by atoms with E-state index in [2.05, 4.69) is 24.3 Å². The molecule has 1 aliphatic carbocycles. The van der Waals surface area contributed by atoms with E-state index in [1.54, 1.807) is 0 Å². The zero-order valence-electron chi connectivity index (χ0n) is 13.9. The molecule has 1 aliphatic rings. The maximum atomic E-state index is 12.9. The molecule has 4 N–H and O–H groups in total. The highest BCUT2D eigenvalue weighted by Gasteiger charge is 2.43. The van der Waals surface area contributed by atoms with Crippen LogP contribution < -0.4 is 11.1 Å². The zero-order chi connectivity index (χ0) is 16.0. The van der Waals surface area contributed by atoms with Crippen LogP contribution in [0.3, 0.4) is 0 Å². The average Bonchev–Trinajstić information content (AvgIpc) is 2.78. The largest absolute Gasteiger partial charge is 0.409 e. The van der Waals surface area contributed by atoms with Gasteiger partial charge in [-0.2, -0.15) is 0 Å². The van der Waals surface area contributed by atoms with Gasteiger partial charge in [0, 0.05) is 6.04 Å². The minimum absolute atomic E-state index is 0.0439. The van der Waals surface area contributed by atoms with Gasteiger partial charge in [-0.05, 0) is 37.5 Å². The molecule has 0 spiro atoms. The Morgan fingerprint density at radius 1 is 1.29 bits per heavy atom. The normalized spacial score (nSPS) is 26.9. The zero-order valence-corrected chi connectivity index (χ0v) is 13.9. The van der Waals surface area contributed by atoms with Crippen molar-refractivity contribution in [1.82, 2.24) is 5.32 Å². The fourth-order valence-electron chi connectivity index (χ4n) is 3.55. The molecule has 0 aromatic rings. The van der Waals surface area contributed by atoms with Gasteiger partial charge < -0.3 is 16.3 Å². The quantitative estimate of drug-likeness (QED) is 0.292. The van der Waals surface area contributed by atoms with Crippen molar-refractivity contribution in [1.29, 1.82) is 0 Å². The van der Waals surface area contributed by atoms with Crippen LogP contribution in [0.2, 0.25) is 0 Å². The molecule has 1 fully saturated rings. The van der Waals surface area contributed by atoms with E-state index in [0.29, 0.717) is 24.7 Å². The number of oxime groups is 1. The maximum absolute atomic E-state index is 12.9. The molecule has 0 heterocycles. The van der Waals surface area contributed by atoms with Crippen LogP contribution in [0.5, 0.6) is 0 Å². The van der Waals surface area contributed by atoms with Gasteiger partial charge in [0.2, 0.25) is 5.91 Å². The number of nitrogens with two attached hydrogens (primary N) is 1. The predicted molar refractivity (Wildman–Crippen MR) is 85.2 cm³/mol. The fraction of sp³-hybridized carbons (Fsp3) is 0.875. The molecule has 3 atom stereocenters. The number of hydrogen-bond donors (Lipinski definition) is 3. The first-order valence-corrected chi connectivity index (χ1v) is 8.21. The summed E-state index contributed by atoms with van der Waals surface area (Å²) in [6, 6.07) is 0.201. The molecule has 1 rings (SSSR count). The minimum Gasteiger partial charge on any atom is -0.409 e. The van der Waals surface area contributed by atoms with E-state index in [1.165, 1.54) is 0 Å². The van der Waals surface area contributed by atoms with Gasteiger partial charge in [-0.1, -0.05) is 45.7 Å². The number of nitrogens with one attached hydrogen (secondary N) is 1. The third-order valence-corrected chi connectivity index (χ3v) is 5.17. The van der Waals surface area contributed by atoms with Crippen LogP contribution in [0.25, 0.3) is 0 Å². The summed E-state index contributed by atoms with van der Waals surface area (Å²) in [5.41, 5.74) is 5.03. The Bertz CT molecular complexity index is 376. The van der Waals surface area contributed by atoms with Crippen LogP contribution in [-0.4, -0.2) is 23.0 Å². The lowest BCUT2D eigenvalue weighted by Gasteiger charge is -2.33. The van der Waals surface area contributed by atoms with E-state index in [9.17, 15) is 4.79 Å². The van der Waals surface area contributed by atoms with Crippen molar-refractivity contribution in [2.75, 3.05) is 0 Å². The number of amides is 1. The molecule has 21 heavy (non-hydrogen) atoms. The molecule has 0 aromatic carbocycles. The Kier molecular flexibility index (Phi) is 6.49. The first-order valence-electron chi connectivity index (χ1n) is 8.21. The van der Waals surface area contributed by atoms with Crippen molar-refractivity contribution >= 4 is 11.7 Å². The SMILES string of the molecule is CCCC(CCC)(C(=O)NC1CCC(C)C1C)C(N)=NO. The van der Waals surface area contributed by atoms with Crippen LogP contribution >= 0.6 is 0 Å². The summed E-state index contributed by atoms with van der Waals surface area (Å²) in [6.07, 6.45) is 5.02. The van der Waals surface area contributed by atoms with Crippen LogP contribution in [0, 0.1) is 17.3 Å². The highest BCUT2D eigenvalue weighted by molar-refractivity contribution is 6.06. The van der Waals surface area contributed by atoms with Crippen molar-refractivity contribution < 1.29 is 10.0 Å². The molecule has 1 amide bonds. The Hall–Kier alpha value is -1.26. The summed E-state index contributed by atoms with van der Waals surface area (Å²) in [7, 11) is 0. The molecule has 0 aromatic heterocycles. The Balaban J connectivity index is 2.94. The smallest absolute Gasteiger partial charge is 0.234 e. The molecule has 0 aliphatic heterocycles. The van der Waals surface area contributed by atoms with E-state index >= 15 is 0 Å². The average molecular weight is 297 g/mol. The Morgan fingerprint density at radius 2 is 1.86 bits per heavy atom. The number of rotatable bonds is 7. The second kappa shape index (κ2) is 7.66. The second-order valence-electron chi connectivity index (χ2n) is 6.56. The van der Waals surface area contributed by atoms with Crippen molar-refractivity contribution in [3.63, 3.8) is 0 Å². The summed E-state index contributed by atoms with van der Waals surface area (Å²) in [5, 5.41) is 15.4. The lowest BCUT2D eigenvalue weighted by atomic mass is 9.76. The molecule has 0 bridgehead atoms. The van der Waals surface area contributed by atoms with Crippen molar-refractivity contribution in [2.45, 2.75) is 72.3 Å². The lowest BCUT2D eigenvalue weighted by Crippen LogP contribution is -2.53. The standard InChI is InChI=1S/C16H31N3O2/c1-5-9-16(10-6-2,14(17)19-21)15(20)18-13-8-7-11(3)12(13)4/h11-13,21H,5-10H2,1-4H3,(H2,17,19)(H,18,20). The number of carbonyl (C=O) groups is 1. The molecule has 5 nitrogen and oxygen atoms in total. The highest BCUT2D eigenvalue weighted by Crippen LogP contribution is 2.35. The van der Waals surface area contributed by atoms with Crippen molar-refractivity contribution in [3.8, 4) is 0 Å². The molecular weight excluding hydrogens is 266 g/mol. The lowest BCUT2D eigenvalue weighted by molar-refractivity contribution is -0.129. The summed E-state index contributed by atoms with van der Waals surface area (Å²) in [4.78, 5) is 12.9. The first kappa shape index (κ1) is 17.8. The van der Waals surface area contributed by atoms with Gasteiger partial charge in [0.15, 0.2) is 5.84 Å². The molecule has 5 heteroatoms. The number of amidine groups is 1. The maximum Gasteiger partial charge on any atom is 0.234 e. The van der Waals surface area contributed by atoms with Gasteiger partial charge in [-0.15, -0.1) is 0 Å². The van der Waals surface area contributed by atoms with Gasteiger partial charge in [0.1, 0.15) is 5.41 Å². The number of carbonyl (C=O) groups excluding carboxylic acids is 1. The van der Waals surface area contributed by atoms with Gasteiger partial charge >= 0.3 is 0 Å². The van der Waals surface area contributed by atoms with E-state index in [-0.39, 0.29) is 17.8 Å². The molecular formula is C16H31N3O2. The summed E-state index contributed by atoms with van der Waals surface area (Å²) < 4.78 is 0. The van der Waals surface area contributed by atoms with Gasteiger partial charge in [-0.25, -0.2) is 0 Å². The topological polar surface area (TPSA) is 87.7 Å².